The predicted octanol–water partition coefficient (Wildman–Crippen LogP) is 3.01. The molecule has 0 saturated heterocycles. The van der Waals surface area contributed by atoms with Crippen molar-refractivity contribution in [3.8, 4) is 0 Å². The molecule has 2 N–H and O–H groups in total. The monoisotopic (exact) mass is 338 g/mol. The molecule has 24 heavy (non-hydrogen) atoms. The Hall–Kier alpha value is -1.99. The van der Waals surface area contributed by atoms with E-state index in [2.05, 4.69) is 9.97 Å². The Balaban J connectivity index is 2.05. The minimum Gasteiger partial charge on any atom is -0.390 e. The van der Waals surface area contributed by atoms with Gasteiger partial charge in [0, 0.05) is 17.8 Å². The Bertz CT molecular complexity index is 724. The number of hydrogen-bond donors (Lipinski definition) is 2. The lowest BCUT2D eigenvalue weighted by Crippen LogP contribution is -2.56. The third-order valence-electron chi connectivity index (χ3n) is 4.48. The Labute approximate surface area is 137 Å². The fraction of sp³-hybridized carbons (Fsp3) is 0.412. The fourth-order valence-corrected chi connectivity index (χ4v) is 3.52. The number of halogens is 3. The summed E-state index contributed by atoms with van der Waals surface area (Å²) in [5.41, 5.74) is -2.54. The molecule has 0 aromatic carbocycles. The number of aliphatic hydroxyl groups excluding tert-OH is 1. The number of nitrogens with zero attached hydrogens (tertiary/aromatic N) is 2. The van der Waals surface area contributed by atoms with E-state index < -0.39 is 28.9 Å². The Kier molecular flexibility index (Phi) is 3.88. The van der Waals surface area contributed by atoms with Gasteiger partial charge >= 0.3 is 6.18 Å². The van der Waals surface area contributed by atoms with Crippen LogP contribution in [0.15, 0.2) is 42.7 Å². The van der Waals surface area contributed by atoms with Crippen LogP contribution in [0.25, 0.3) is 0 Å². The van der Waals surface area contributed by atoms with Gasteiger partial charge in [-0.2, -0.15) is 13.2 Å². The SMILES string of the molecule is CC1(O)CC(c2cc(C(F)(F)F)ccn2)([C@H](O)c2ccccn2)C1. The van der Waals surface area contributed by atoms with E-state index in [1.54, 1.807) is 25.1 Å². The zero-order valence-electron chi connectivity index (χ0n) is 13.0. The molecule has 0 amide bonds. The van der Waals surface area contributed by atoms with Gasteiger partial charge in [-0.3, -0.25) is 9.97 Å². The van der Waals surface area contributed by atoms with Crippen molar-refractivity contribution in [2.75, 3.05) is 0 Å². The van der Waals surface area contributed by atoms with Gasteiger partial charge < -0.3 is 10.2 Å². The molecule has 0 spiro atoms. The van der Waals surface area contributed by atoms with Crippen LogP contribution < -0.4 is 0 Å². The highest BCUT2D eigenvalue weighted by molar-refractivity contribution is 5.34. The summed E-state index contributed by atoms with van der Waals surface area (Å²) in [5, 5.41) is 20.9. The largest absolute Gasteiger partial charge is 0.416 e. The van der Waals surface area contributed by atoms with E-state index in [-0.39, 0.29) is 18.5 Å². The van der Waals surface area contributed by atoms with E-state index in [4.69, 9.17) is 0 Å². The van der Waals surface area contributed by atoms with Crippen molar-refractivity contribution < 1.29 is 23.4 Å². The number of rotatable bonds is 3. The molecule has 0 aliphatic heterocycles. The van der Waals surface area contributed by atoms with Crippen molar-refractivity contribution in [3.05, 3.63) is 59.7 Å². The minimum atomic E-state index is -4.50. The fourth-order valence-electron chi connectivity index (χ4n) is 3.52. The van der Waals surface area contributed by atoms with E-state index >= 15 is 0 Å². The molecular formula is C17H17F3N2O2. The van der Waals surface area contributed by atoms with Crippen LogP contribution in [-0.2, 0) is 11.6 Å². The number of aliphatic hydroxyl groups is 2. The van der Waals surface area contributed by atoms with E-state index in [0.29, 0.717) is 5.69 Å². The molecule has 7 heteroatoms. The first kappa shape index (κ1) is 16.9. The van der Waals surface area contributed by atoms with Gasteiger partial charge in [0.2, 0.25) is 0 Å². The average molecular weight is 338 g/mol. The molecule has 1 fully saturated rings. The first-order valence-electron chi connectivity index (χ1n) is 7.49. The van der Waals surface area contributed by atoms with Crippen molar-refractivity contribution in [2.24, 2.45) is 0 Å². The van der Waals surface area contributed by atoms with Gasteiger partial charge in [-0.15, -0.1) is 0 Å². The van der Waals surface area contributed by atoms with Crippen LogP contribution in [0.3, 0.4) is 0 Å². The lowest BCUT2D eigenvalue weighted by molar-refractivity contribution is -0.139. The normalized spacial score (nSPS) is 28.2. The zero-order chi connectivity index (χ0) is 17.6. The molecule has 4 nitrogen and oxygen atoms in total. The summed E-state index contributed by atoms with van der Waals surface area (Å²) in [6.45, 7) is 1.59. The van der Waals surface area contributed by atoms with Crippen LogP contribution in [0.2, 0.25) is 0 Å². The van der Waals surface area contributed by atoms with Gasteiger partial charge in [-0.1, -0.05) is 6.07 Å². The highest BCUT2D eigenvalue weighted by Gasteiger charge is 2.58. The minimum absolute atomic E-state index is 0.103. The van der Waals surface area contributed by atoms with E-state index in [1.807, 2.05) is 0 Å². The predicted molar refractivity (Wildman–Crippen MR) is 80.0 cm³/mol. The topological polar surface area (TPSA) is 66.2 Å². The van der Waals surface area contributed by atoms with Gasteiger partial charge in [0.15, 0.2) is 0 Å². The Morgan fingerprint density at radius 1 is 1.12 bits per heavy atom. The number of pyridine rings is 2. The van der Waals surface area contributed by atoms with Crippen LogP contribution >= 0.6 is 0 Å². The second-order valence-corrected chi connectivity index (χ2v) is 6.59. The standard InChI is InChI=1S/C17H17F3N2O2/c1-15(24)9-16(10-15,14(23)12-4-2-3-6-21-12)13-8-11(5-7-22-13)17(18,19)20/h2-8,14,23-24H,9-10H2,1H3/t14-,15?,16?/m1/s1. The molecule has 0 radical (unpaired) electrons. The molecule has 3 rings (SSSR count). The summed E-state index contributed by atoms with van der Waals surface area (Å²) in [6.07, 6.45) is -2.87. The molecule has 2 heterocycles. The van der Waals surface area contributed by atoms with Crippen molar-refractivity contribution in [1.29, 1.82) is 0 Å². The molecule has 2 aromatic rings. The molecule has 128 valence electrons. The second kappa shape index (κ2) is 5.53. The Morgan fingerprint density at radius 3 is 2.38 bits per heavy atom. The summed E-state index contributed by atoms with van der Waals surface area (Å²) < 4.78 is 39.0. The third-order valence-corrected chi connectivity index (χ3v) is 4.48. The van der Waals surface area contributed by atoms with E-state index in [1.165, 1.54) is 6.20 Å². The average Bonchev–Trinajstić information content (AvgIpc) is 2.51. The van der Waals surface area contributed by atoms with Crippen molar-refractivity contribution in [3.63, 3.8) is 0 Å². The molecule has 2 aromatic heterocycles. The van der Waals surface area contributed by atoms with Crippen molar-refractivity contribution >= 4 is 0 Å². The summed E-state index contributed by atoms with van der Waals surface area (Å²) in [5.74, 6) is 0. The lowest BCUT2D eigenvalue weighted by atomic mass is 9.55. The summed E-state index contributed by atoms with van der Waals surface area (Å²) in [4.78, 5) is 8.15. The Morgan fingerprint density at radius 2 is 1.83 bits per heavy atom. The van der Waals surface area contributed by atoms with E-state index in [9.17, 15) is 23.4 Å². The van der Waals surface area contributed by atoms with Crippen LogP contribution in [0.5, 0.6) is 0 Å². The maximum atomic E-state index is 13.0. The number of aromatic nitrogens is 2. The molecule has 1 atom stereocenters. The first-order chi connectivity index (χ1) is 11.1. The van der Waals surface area contributed by atoms with Gasteiger partial charge in [0.25, 0.3) is 0 Å². The van der Waals surface area contributed by atoms with Crippen LogP contribution in [0.4, 0.5) is 13.2 Å². The highest BCUT2D eigenvalue weighted by Crippen LogP contribution is 2.56. The van der Waals surface area contributed by atoms with Crippen LogP contribution in [0, 0.1) is 0 Å². The number of hydrogen-bond acceptors (Lipinski definition) is 4. The first-order valence-corrected chi connectivity index (χ1v) is 7.49. The van der Waals surface area contributed by atoms with Crippen LogP contribution in [0.1, 0.15) is 42.8 Å². The van der Waals surface area contributed by atoms with Crippen molar-refractivity contribution in [2.45, 2.75) is 43.1 Å². The maximum absolute atomic E-state index is 13.0. The zero-order valence-corrected chi connectivity index (χ0v) is 13.0. The van der Waals surface area contributed by atoms with Gasteiger partial charge in [-0.05, 0) is 44.0 Å². The molecule has 0 unspecified atom stereocenters. The summed E-state index contributed by atoms with van der Waals surface area (Å²) in [6, 6.07) is 6.81. The molecule has 0 bridgehead atoms. The third kappa shape index (κ3) is 2.89. The quantitative estimate of drug-likeness (QED) is 0.903. The number of alkyl halides is 3. The molecule has 1 aliphatic carbocycles. The molecular weight excluding hydrogens is 321 g/mol. The van der Waals surface area contributed by atoms with Crippen LogP contribution in [-0.4, -0.2) is 25.8 Å². The smallest absolute Gasteiger partial charge is 0.390 e. The van der Waals surface area contributed by atoms with Gasteiger partial charge in [-0.25, -0.2) is 0 Å². The summed E-state index contributed by atoms with van der Waals surface area (Å²) in [7, 11) is 0. The molecule has 1 saturated carbocycles. The van der Waals surface area contributed by atoms with Gasteiger partial charge in [0.1, 0.15) is 6.10 Å². The van der Waals surface area contributed by atoms with Gasteiger partial charge in [0.05, 0.1) is 22.6 Å². The highest BCUT2D eigenvalue weighted by atomic mass is 19.4. The van der Waals surface area contributed by atoms with Crippen molar-refractivity contribution in [1.82, 2.24) is 9.97 Å². The molecule has 1 aliphatic rings. The second-order valence-electron chi connectivity index (χ2n) is 6.59. The summed E-state index contributed by atoms with van der Waals surface area (Å²) >= 11 is 0. The lowest BCUT2D eigenvalue weighted by Gasteiger charge is -2.53. The maximum Gasteiger partial charge on any atom is 0.416 e. The van der Waals surface area contributed by atoms with E-state index in [0.717, 1.165) is 18.3 Å².